The number of urea groups is 1. The topological polar surface area (TPSA) is 91.3 Å². The Bertz CT molecular complexity index is 1120. The van der Waals surface area contributed by atoms with E-state index >= 15 is 0 Å². The Morgan fingerprint density at radius 3 is 2.50 bits per heavy atom. The Kier molecular flexibility index (Phi) is 7.73. The van der Waals surface area contributed by atoms with E-state index in [4.69, 9.17) is 9.47 Å². The number of anilines is 1. The van der Waals surface area contributed by atoms with Gasteiger partial charge in [-0.2, -0.15) is 0 Å². The highest BCUT2D eigenvalue weighted by molar-refractivity contribution is 5.97. The third-order valence-corrected chi connectivity index (χ3v) is 7.33. The molecular weight excluding hydrogens is 458 g/mol. The molecule has 36 heavy (non-hydrogen) atoms. The van der Waals surface area contributed by atoms with E-state index in [1.165, 1.54) is 29.9 Å². The van der Waals surface area contributed by atoms with Crippen LogP contribution in [0.5, 0.6) is 11.5 Å². The van der Waals surface area contributed by atoms with Crippen LogP contribution in [0.4, 0.5) is 10.5 Å². The molecule has 2 amide bonds. The van der Waals surface area contributed by atoms with Crippen molar-refractivity contribution in [2.45, 2.75) is 58.5 Å². The van der Waals surface area contributed by atoms with Crippen LogP contribution in [0.1, 0.15) is 60.2 Å². The average Bonchev–Trinajstić information content (AvgIpc) is 3.18. The van der Waals surface area contributed by atoms with Gasteiger partial charge in [0.2, 0.25) is 0 Å². The number of amides is 2. The van der Waals surface area contributed by atoms with Crippen LogP contribution >= 0.6 is 0 Å². The van der Waals surface area contributed by atoms with Gasteiger partial charge in [0.1, 0.15) is 17.1 Å². The first-order chi connectivity index (χ1) is 17.3. The zero-order chi connectivity index (χ0) is 25.9. The van der Waals surface area contributed by atoms with Gasteiger partial charge in [-0.05, 0) is 68.0 Å². The number of aryl methyl sites for hydroxylation is 2. The lowest BCUT2D eigenvalue weighted by molar-refractivity contribution is 0.0693. The maximum atomic E-state index is 12.9. The predicted octanol–water partition coefficient (Wildman–Crippen LogP) is 4.62. The number of carboxylic acids is 1. The van der Waals surface area contributed by atoms with Crippen LogP contribution in [-0.2, 0) is 13.0 Å². The van der Waals surface area contributed by atoms with E-state index in [1.54, 1.807) is 17.0 Å². The molecule has 2 heterocycles. The molecule has 2 saturated heterocycles. The van der Waals surface area contributed by atoms with Crippen molar-refractivity contribution < 1.29 is 24.2 Å². The highest BCUT2D eigenvalue weighted by Gasteiger charge is 2.45. The van der Waals surface area contributed by atoms with E-state index in [-0.39, 0.29) is 22.9 Å². The first kappa shape index (κ1) is 25.8. The number of nitrogens with zero attached hydrogens (tertiary/aromatic N) is 2. The second-order valence-corrected chi connectivity index (χ2v) is 9.83. The number of piperidine rings is 1. The van der Waals surface area contributed by atoms with Gasteiger partial charge in [0.05, 0.1) is 25.8 Å². The normalized spacial score (nSPS) is 17.3. The van der Waals surface area contributed by atoms with Gasteiger partial charge in [-0.25, -0.2) is 9.59 Å². The number of aromatic carboxylic acids is 1. The van der Waals surface area contributed by atoms with Crippen molar-refractivity contribution in [3.63, 3.8) is 0 Å². The Labute approximate surface area is 213 Å². The number of carbonyl (C=O) groups excluding carboxylic acids is 1. The first-order valence-electron chi connectivity index (χ1n) is 12.8. The third-order valence-electron chi connectivity index (χ3n) is 7.33. The number of likely N-dealkylation sites (tertiary alicyclic amines) is 1. The van der Waals surface area contributed by atoms with Crippen molar-refractivity contribution in [1.82, 2.24) is 10.2 Å². The molecule has 8 nitrogen and oxygen atoms in total. The van der Waals surface area contributed by atoms with Crippen molar-refractivity contribution in [2.75, 3.05) is 38.3 Å². The number of benzene rings is 2. The van der Waals surface area contributed by atoms with E-state index in [0.717, 1.165) is 51.1 Å². The molecule has 0 aliphatic carbocycles. The van der Waals surface area contributed by atoms with Crippen LogP contribution < -0.4 is 19.7 Å². The third kappa shape index (κ3) is 5.28. The molecule has 2 aliphatic rings. The second kappa shape index (κ2) is 10.8. The standard InChI is InChI=1S/C28H37N3O5/c1-5-7-20-14-19(3)24(36-6-2)15-21(20)17-30-12-10-28(11-13-30)18-31(27(34)29-28)22-8-9-23(26(32)33)25(16-22)35-4/h8-9,14-16H,5-7,10-13,17-18H2,1-4H3,(H,29,34)(H,32,33). The largest absolute Gasteiger partial charge is 0.496 e. The van der Waals surface area contributed by atoms with E-state index in [1.807, 2.05) is 6.92 Å². The van der Waals surface area contributed by atoms with E-state index < -0.39 is 5.97 Å². The number of methoxy groups -OCH3 is 1. The van der Waals surface area contributed by atoms with E-state index in [0.29, 0.717) is 18.8 Å². The minimum absolute atomic E-state index is 0.0786. The fraction of sp³-hybridized carbons (Fsp3) is 0.500. The first-order valence-corrected chi connectivity index (χ1v) is 12.8. The molecule has 0 bridgehead atoms. The van der Waals surface area contributed by atoms with Crippen LogP contribution in [0.25, 0.3) is 0 Å². The summed E-state index contributed by atoms with van der Waals surface area (Å²) in [6.07, 6.45) is 3.86. The van der Waals surface area contributed by atoms with Crippen molar-refractivity contribution in [2.24, 2.45) is 0 Å². The lowest BCUT2D eigenvalue weighted by atomic mass is 9.87. The summed E-state index contributed by atoms with van der Waals surface area (Å²) in [5.41, 5.74) is 4.32. The Morgan fingerprint density at radius 2 is 1.86 bits per heavy atom. The number of nitrogens with one attached hydrogen (secondary N) is 1. The number of ether oxygens (including phenoxy) is 2. The summed E-state index contributed by atoms with van der Waals surface area (Å²) in [6.45, 7) is 10.2. The molecule has 0 unspecified atom stereocenters. The van der Waals surface area contributed by atoms with Crippen LogP contribution in [0, 0.1) is 6.92 Å². The highest BCUT2D eigenvalue weighted by atomic mass is 16.5. The van der Waals surface area contributed by atoms with E-state index in [2.05, 4.69) is 36.2 Å². The van der Waals surface area contributed by atoms with Gasteiger partial charge in [0.15, 0.2) is 0 Å². The zero-order valence-corrected chi connectivity index (χ0v) is 21.7. The van der Waals surface area contributed by atoms with Crippen LogP contribution in [-0.4, -0.2) is 60.9 Å². The van der Waals surface area contributed by atoms with Gasteiger partial charge in [-0.3, -0.25) is 9.80 Å². The van der Waals surface area contributed by atoms with Gasteiger partial charge in [-0.15, -0.1) is 0 Å². The molecule has 4 rings (SSSR count). The molecule has 194 valence electrons. The summed E-state index contributed by atoms with van der Waals surface area (Å²) >= 11 is 0. The van der Waals surface area contributed by atoms with Gasteiger partial charge in [0, 0.05) is 31.4 Å². The van der Waals surface area contributed by atoms with E-state index in [9.17, 15) is 14.7 Å². The summed E-state index contributed by atoms with van der Waals surface area (Å²) in [6, 6.07) is 9.11. The molecule has 1 spiro atoms. The van der Waals surface area contributed by atoms with Crippen LogP contribution in [0.3, 0.4) is 0 Å². The summed E-state index contributed by atoms with van der Waals surface area (Å²) in [5, 5.41) is 12.6. The molecule has 0 radical (unpaired) electrons. The molecule has 2 aromatic carbocycles. The average molecular weight is 496 g/mol. The molecule has 0 aromatic heterocycles. The Balaban J connectivity index is 1.44. The summed E-state index contributed by atoms with van der Waals surface area (Å²) < 4.78 is 11.1. The lowest BCUT2D eigenvalue weighted by Crippen LogP contribution is -2.52. The van der Waals surface area contributed by atoms with Gasteiger partial charge < -0.3 is 19.9 Å². The number of hydrogen-bond acceptors (Lipinski definition) is 5. The fourth-order valence-corrected chi connectivity index (χ4v) is 5.35. The summed E-state index contributed by atoms with van der Waals surface area (Å²) in [5.74, 6) is 0.150. The van der Waals surface area contributed by atoms with Gasteiger partial charge in [-0.1, -0.05) is 19.4 Å². The van der Waals surface area contributed by atoms with Crippen LogP contribution in [0.15, 0.2) is 30.3 Å². The van der Waals surface area contributed by atoms with Gasteiger partial charge >= 0.3 is 12.0 Å². The Morgan fingerprint density at radius 1 is 1.11 bits per heavy atom. The molecule has 0 saturated carbocycles. The molecule has 8 heteroatoms. The monoisotopic (exact) mass is 495 g/mol. The zero-order valence-electron chi connectivity index (χ0n) is 21.7. The minimum atomic E-state index is -1.06. The molecule has 0 atom stereocenters. The summed E-state index contributed by atoms with van der Waals surface area (Å²) in [4.78, 5) is 28.5. The maximum Gasteiger partial charge on any atom is 0.339 e. The van der Waals surface area contributed by atoms with Crippen molar-refractivity contribution in [1.29, 1.82) is 0 Å². The van der Waals surface area contributed by atoms with Crippen molar-refractivity contribution >= 4 is 17.7 Å². The molecule has 2 fully saturated rings. The predicted molar refractivity (Wildman–Crippen MR) is 139 cm³/mol. The molecule has 2 aromatic rings. The van der Waals surface area contributed by atoms with Gasteiger partial charge in [0.25, 0.3) is 0 Å². The minimum Gasteiger partial charge on any atom is -0.496 e. The number of carboxylic acid groups (broad SMARTS) is 1. The molecular formula is C28H37N3O5. The SMILES string of the molecule is CCCc1cc(C)c(OCC)cc1CN1CCC2(CC1)CN(c1ccc(C(=O)O)c(OC)c1)C(=O)N2. The molecule has 2 N–H and O–H groups in total. The fourth-order valence-electron chi connectivity index (χ4n) is 5.35. The number of carbonyl (C=O) groups is 2. The molecule has 2 aliphatic heterocycles. The Hall–Kier alpha value is -3.26. The maximum absolute atomic E-state index is 12.9. The number of hydrogen-bond donors (Lipinski definition) is 2. The van der Waals surface area contributed by atoms with Crippen LogP contribution in [0.2, 0.25) is 0 Å². The second-order valence-electron chi connectivity index (χ2n) is 9.83. The highest BCUT2D eigenvalue weighted by Crippen LogP contribution is 2.34. The number of rotatable bonds is 9. The van der Waals surface area contributed by atoms with Crippen molar-refractivity contribution in [3.05, 3.63) is 52.6 Å². The smallest absolute Gasteiger partial charge is 0.339 e. The lowest BCUT2D eigenvalue weighted by Gasteiger charge is -2.39. The van der Waals surface area contributed by atoms with Crippen molar-refractivity contribution in [3.8, 4) is 11.5 Å². The summed E-state index contributed by atoms with van der Waals surface area (Å²) in [7, 11) is 1.43. The quantitative estimate of drug-likeness (QED) is 0.528.